The van der Waals surface area contributed by atoms with Crippen molar-refractivity contribution in [1.82, 2.24) is 10.3 Å². The highest BCUT2D eigenvalue weighted by Crippen LogP contribution is 2.26. The van der Waals surface area contributed by atoms with Gasteiger partial charge in [-0.1, -0.05) is 30.3 Å². The number of benzene rings is 1. The molecule has 2 amide bonds. The molecule has 92 valence electrons. The predicted molar refractivity (Wildman–Crippen MR) is 65.5 cm³/mol. The average molecular weight is 243 g/mol. The van der Waals surface area contributed by atoms with Crippen molar-refractivity contribution in [2.24, 2.45) is 11.0 Å². The van der Waals surface area contributed by atoms with Crippen molar-refractivity contribution < 1.29 is 9.59 Å². The van der Waals surface area contributed by atoms with E-state index in [4.69, 9.17) is 0 Å². The van der Waals surface area contributed by atoms with Crippen LogP contribution in [-0.2, 0) is 16.1 Å². The molecule has 1 aromatic carbocycles. The van der Waals surface area contributed by atoms with Crippen molar-refractivity contribution in [1.29, 1.82) is 0 Å². The van der Waals surface area contributed by atoms with Gasteiger partial charge in [0, 0.05) is 5.71 Å². The summed E-state index contributed by atoms with van der Waals surface area (Å²) in [5, 5.41) is 3.96. The number of likely N-dealkylation sites (tertiary alicyclic amines) is 1. The Morgan fingerprint density at radius 2 is 1.94 bits per heavy atom. The van der Waals surface area contributed by atoms with Gasteiger partial charge in [-0.3, -0.25) is 19.9 Å². The fourth-order valence-corrected chi connectivity index (χ4v) is 2.44. The molecule has 0 unspecified atom stereocenters. The van der Waals surface area contributed by atoms with Crippen LogP contribution < -0.4 is 5.43 Å². The maximum Gasteiger partial charge on any atom is 0.254 e. The summed E-state index contributed by atoms with van der Waals surface area (Å²) in [4.78, 5) is 25.6. The average Bonchev–Trinajstić information content (AvgIpc) is 2.87. The summed E-state index contributed by atoms with van der Waals surface area (Å²) >= 11 is 0. The highest BCUT2D eigenvalue weighted by Gasteiger charge is 2.51. The molecule has 3 rings (SSSR count). The first kappa shape index (κ1) is 11.0. The maximum atomic E-state index is 12.2. The van der Waals surface area contributed by atoms with Gasteiger partial charge in [-0.2, -0.15) is 5.10 Å². The van der Waals surface area contributed by atoms with E-state index in [9.17, 15) is 9.59 Å². The Morgan fingerprint density at radius 1 is 1.22 bits per heavy atom. The Labute approximate surface area is 104 Å². The zero-order chi connectivity index (χ0) is 12.7. The molecule has 5 nitrogen and oxygen atoms in total. The fourth-order valence-electron chi connectivity index (χ4n) is 2.44. The first-order chi connectivity index (χ1) is 8.68. The zero-order valence-corrected chi connectivity index (χ0v) is 9.96. The van der Waals surface area contributed by atoms with Gasteiger partial charge in [-0.05, 0) is 12.5 Å². The number of carbonyl (C=O) groups excluding carboxylic acids is 2. The van der Waals surface area contributed by atoms with Crippen molar-refractivity contribution in [3.63, 3.8) is 0 Å². The summed E-state index contributed by atoms with van der Waals surface area (Å²) in [6, 6.07) is 9.01. The van der Waals surface area contributed by atoms with Gasteiger partial charge in [0.2, 0.25) is 5.91 Å². The van der Waals surface area contributed by atoms with Gasteiger partial charge in [-0.15, -0.1) is 0 Å². The molecule has 0 saturated carbocycles. The van der Waals surface area contributed by atoms with E-state index in [-0.39, 0.29) is 11.8 Å². The van der Waals surface area contributed by atoms with Gasteiger partial charge in [0.15, 0.2) is 0 Å². The smallest absolute Gasteiger partial charge is 0.254 e. The van der Waals surface area contributed by atoms with Gasteiger partial charge in [0.05, 0.1) is 6.54 Å². The van der Waals surface area contributed by atoms with Crippen LogP contribution in [0.3, 0.4) is 0 Å². The SMILES string of the molecule is CC1=NN[C@@H]2C(=O)N(Cc3ccccc3)C(=O)[C@H]12. The molecule has 5 heteroatoms. The van der Waals surface area contributed by atoms with E-state index in [0.29, 0.717) is 12.3 Å². The Morgan fingerprint density at radius 3 is 2.61 bits per heavy atom. The highest BCUT2D eigenvalue weighted by molar-refractivity contribution is 6.18. The fraction of sp³-hybridized carbons (Fsp3) is 0.308. The number of nitrogens with zero attached hydrogens (tertiary/aromatic N) is 2. The lowest BCUT2D eigenvalue weighted by Crippen LogP contribution is -2.35. The molecule has 2 aliphatic heterocycles. The summed E-state index contributed by atoms with van der Waals surface area (Å²) in [5.41, 5.74) is 4.38. The number of amides is 2. The largest absolute Gasteiger partial charge is 0.296 e. The number of fused-ring (bicyclic) bond motifs is 1. The van der Waals surface area contributed by atoms with E-state index in [2.05, 4.69) is 10.5 Å². The number of hydrazone groups is 1. The first-order valence-corrected chi connectivity index (χ1v) is 5.87. The molecule has 2 aliphatic rings. The highest BCUT2D eigenvalue weighted by atomic mass is 16.2. The van der Waals surface area contributed by atoms with Crippen LogP contribution in [0, 0.1) is 5.92 Å². The summed E-state index contributed by atoms with van der Waals surface area (Å²) in [6.07, 6.45) is 0. The summed E-state index contributed by atoms with van der Waals surface area (Å²) in [5.74, 6) is -0.754. The third kappa shape index (κ3) is 1.51. The number of hydrogen-bond donors (Lipinski definition) is 1. The minimum atomic E-state index is -0.499. The summed E-state index contributed by atoms with van der Waals surface area (Å²) in [6.45, 7) is 2.11. The quantitative estimate of drug-likeness (QED) is 0.770. The van der Waals surface area contributed by atoms with Crippen molar-refractivity contribution in [2.45, 2.75) is 19.5 Å². The molecule has 1 saturated heterocycles. The molecule has 1 aromatic rings. The van der Waals surface area contributed by atoms with E-state index in [1.165, 1.54) is 4.90 Å². The van der Waals surface area contributed by atoms with Crippen molar-refractivity contribution in [2.75, 3.05) is 0 Å². The molecular weight excluding hydrogens is 230 g/mol. The van der Waals surface area contributed by atoms with Crippen molar-refractivity contribution in [3.05, 3.63) is 35.9 Å². The van der Waals surface area contributed by atoms with E-state index in [1.54, 1.807) is 6.92 Å². The number of rotatable bonds is 2. The Hall–Kier alpha value is -2.17. The Kier molecular flexibility index (Phi) is 2.40. The standard InChI is InChI=1S/C13H13N3O2/c1-8-10-11(15-14-8)13(18)16(12(10)17)7-9-5-3-2-4-6-9/h2-6,10-11,15H,7H2,1H3/t10-,11+/m1/s1. The number of carbonyl (C=O) groups is 2. The zero-order valence-electron chi connectivity index (χ0n) is 9.96. The van der Waals surface area contributed by atoms with Gasteiger partial charge < -0.3 is 0 Å². The normalized spacial score (nSPS) is 26.1. The lowest BCUT2D eigenvalue weighted by molar-refractivity contribution is -0.140. The van der Waals surface area contributed by atoms with Crippen LogP contribution in [0.2, 0.25) is 0 Å². The van der Waals surface area contributed by atoms with Gasteiger partial charge >= 0.3 is 0 Å². The van der Waals surface area contributed by atoms with Gasteiger partial charge in [0.25, 0.3) is 5.91 Å². The second kappa shape index (κ2) is 3.94. The third-order valence-corrected chi connectivity index (χ3v) is 3.41. The van der Waals surface area contributed by atoms with Crippen LogP contribution in [0.4, 0.5) is 0 Å². The van der Waals surface area contributed by atoms with Crippen molar-refractivity contribution >= 4 is 17.5 Å². The number of imide groups is 1. The topological polar surface area (TPSA) is 61.8 Å². The number of nitrogens with one attached hydrogen (secondary N) is 1. The molecular formula is C13H13N3O2. The molecule has 0 aromatic heterocycles. The number of hydrogen-bond acceptors (Lipinski definition) is 4. The maximum absolute atomic E-state index is 12.2. The molecule has 0 aliphatic carbocycles. The summed E-state index contributed by atoms with van der Waals surface area (Å²) < 4.78 is 0. The molecule has 2 heterocycles. The molecule has 1 N–H and O–H groups in total. The van der Waals surface area contributed by atoms with Crippen LogP contribution in [0.1, 0.15) is 12.5 Å². The lowest BCUT2D eigenvalue weighted by Gasteiger charge is -2.15. The third-order valence-electron chi connectivity index (χ3n) is 3.41. The van der Waals surface area contributed by atoms with Crippen LogP contribution in [0.5, 0.6) is 0 Å². The molecule has 2 atom stereocenters. The van der Waals surface area contributed by atoms with Crippen LogP contribution in [0.25, 0.3) is 0 Å². The van der Waals surface area contributed by atoms with E-state index in [1.807, 2.05) is 30.3 Å². The molecule has 0 spiro atoms. The van der Waals surface area contributed by atoms with Gasteiger partial charge in [0.1, 0.15) is 12.0 Å². The summed E-state index contributed by atoms with van der Waals surface area (Å²) in [7, 11) is 0. The van der Waals surface area contributed by atoms with E-state index in [0.717, 1.165) is 5.56 Å². The van der Waals surface area contributed by atoms with Crippen LogP contribution >= 0.6 is 0 Å². The molecule has 0 radical (unpaired) electrons. The minimum absolute atomic E-state index is 0.153. The lowest BCUT2D eigenvalue weighted by atomic mass is 10.0. The van der Waals surface area contributed by atoms with Crippen LogP contribution in [-0.4, -0.2) is 28.5 Å². The second-order valence-corrected chi connectivity index (χ2v) is 4.59. The predicted octanol–water partition coefficient (Wildman–Crippen LogP) is 0.519. The second-order valence-electron chi connectivity index (χ2n) is 4.59. The Balaban J connectivity index is 1.84. The monoisotopic (exact) mass is 243 g/mol. The molecule has 18 heavy (non-hydrogen) atoms. The molecule has 0 bridgehead atoms. The van der Waals surface area contributed by atoms with E-state index >= 15 is 0 Å². The Bertz CT molecular complexity index is 538. The van der Waals surface area contributed by atoms with Crippen LogP contribution in [0.15, 0.2) is 35.4 Å². The van der Waals surface area contributed by atoms with E-state index < -0.39 is 12.0 Å². The molecule has 1 fully saturated rings. The van der Waals surface area contributed by atoms with Gasteiger partial charge in [-0.25, -0.2) is 0 Å². The van der Waals surface area contributed by atoms with Crippen molar-refractivity contribution in [3.8, 4) is 0 Å². The first-order valence-electron chi connectivity index (χ1n) is 5.87. The minimum Gasteiger partial charge on any atom is -0.296 e.